The summed E-state index contributed by atoms with van der Waals surface area (Å²) in [6, 6.07) is 10.7. The molecule has 1 atom stereocenters. The zero-order valence-corrected chi connectivity index (χ0v) is 13.9. The Kier molecular flexibility index (Phi) is 4.05. The summed E-state index contributed by atoms with van der Waals surface area (Å²) in [5.41, 5.74) is 0.636. The van der Waals surface area contributed by atoms with E-state index in [4.69, 9.17) is 9.47 Å². The van der Waals surface area contributed by atoms with Crippen molar-refractivity contribution in [3.63, 3.8) is 0 Å². The van der Waals surface area contributed by atoms with Crippen molar-refractivity contribution < 1.29 is 14.4 Å². The topological polar surface area (TPSA) is 102 Å². The monoisotopic (exact) mass is 352 g/mol. The van der Waals surface area contributed by atoms with Gasteiger partial charge in [-0.3, -0.25) is 10.1 Å². The molecular weight excluding hydrogens is 336 g/mol. The van der Waals surface area contributed by atoms with Crippen molar-refractivity contribution >= 4 is 11.5 Å². The molecule has 8 nitrogen and oxygen atoms in total. The number of hydrogen-bond acceptors (Lipinski definition) is 7. The van der Waals surface area contributed by atoms with E-state index in [1.54, 1.807) is 6.07 Å². The fraction of sp³-hybridized carbons (Fsp3) is 0.333. The molecule has 26 heavy (non-hydrogen) atoms. The predicted octanol–water partition coefficient (Wildman–Crippen LogP) is 2.97. The third-order valence-corrected chi connectivity index (χ3v) is 4.66. The zero-order valence-electron chi connectivity index (χ0n) is 13.9. The van der Waals surface area contributed by atoms with E-state index in [0.717, 1.165) is 36.4 Å². The number of anilines is 1. The Morgan fingerprint density at radius 2 is 2.04 bits per heavy atom. The molecule has 8 heteroatoms. The van der Waals surface area contributed by atoms with Gasteiger partial charge in [0.1, 0.15) is 25.1 Å². The van der Waals surface area contributed by atoms with Crippen molar-refractivity contribution in [3.05, 3.63) is 51.7 Å². The van der Waals surface area contributed by atoms with Crippen LogP contribution >= 0.6 is 0 Å². The first-order valence-electron chi connectivity index (χ1n) is 8.39. The van der Waals surface area contributed by atoms with Gasteiger partial charge in [0.05, 0.1) is 11.0 Å². The Morgan fingerprint density at radius 3 is 2.81 bits per heavy atom. The molecule has 0 aliphatic carbocycles. The molecule has 1 aromatic carbocycles. The molecule has 0 N–H and O–H groups in total. The van der Waals surface area contributed by atoms with Crippen LogP contribution in [0.2, 0.25) is 0 Å². The van der Waals surface area contributed by atoms with Gasteiger partial charge in [-0.2, -0.15) is 5.26 Å². The third-order valence-electron chi connectivity index (χ3n) is 4.66. The fourth-order valence-electron chi connectivity index (χ4n) is 3.49. The summed E-state index contributed by atoms with van der Waals surface area (Å²) in [6.45, 7) is 1.85. The van der Waals surface area contributed by atoms with Gasteiger partial charge in [-0.05, 0) is 36.6 Å². The minimum Gasteiger partial charge on any atom is -0.486 e. The van der Waals surface area contributed by atoms with Gasteiger partial charge in [-0.15, -0.1) is 0 Å². The zero-order chi connectivity index (χ0) is 18.1. The van der Waals surface area contributed by atoms with Crippen LogP contribution in [0.25, 0.3) is 0 Å². The van der Waals surface area contributed by atoms with Crippen LogP contribution < -0.4 is 14.4 Å². The predicted molar refractivity (Wildman–Crippen MR) is 92.4 cm³/mol. The summed E-state index contributed by atoms with van der Waals surface area (Å²) >= 11 is 0. The number of nitriles is 1. The van der Waals surface area contributed by atoms with E-state index in [1.807, 2.05) is 24.3 Å². The number of fused-ring (bicyclic) bond motifs is 1. The number of pyridine rings is 1. The van der Waals surface area contributed by atoms with Crippen molar-refractivity contribution in [2.75, 3.05) is 24.7 Å². The first kappa shape index (κ1) is 16.1. The maximum atomic E-state index is 11.0. The molecule has 0 radical (unpaired) electrons. The summed E-state index contributed by atoms with van der Waals surface area (Å²) in [4.78, 5) is 16.7. The number of rotatable bonds is 3. The Labute approximate surface area is 149 Å². The summed E-state index contributed by atoms with van der Waals surface area (Å²) in [5.74, 6) is 2.05. The van der Waals surface area contributed by atoms with Crippen molar-refractivity contribution in [2.45, 2.75) is 18.9 Å². The Balaban J connectivity index is 1.67. The molecule has 3 heterocycles. The molecule has 1 fully saturated rings. The minimum absolute atomic E-state index is 0.0753. The molecular formula is C18H16N4O4. The van der Waals surface area contributed by atoms with Gasteiger partial charge in [-0.1, -0.05) is 6.07 Å². The van der Waals surface area contributed by atoms with Crippen LogP contribution in [0.4, 0.5) is 11.5 Å². The highest BCUT2D eigenvalue weighted by Crippen LogP contribution is 2.40. The Hall–Kier alpha value is -3.34. The molecule has 0 amide bonds. The molecule has 2 aliphatic heterocycles. The Morgan fingerprint density at radius 1 is 1.23 bits per heavy atom. The van der Waals surface area contributed by atoms with Gasteiger partial charge < -0.3 is 14.4 Å². The first-order valence-corrected chi connectivity index (χ1v) is 8.39. The molecule has 0 spiro atoms. The lowest BCUT2D eigenvalue weighted by molar-refractivity contribution is -0.385. The van der Waals surface area contributed by atoms with Gasteiger partial charge >= 0.3 is 5.69 Å². The van der Waals surface area contributed by atoms with Crippen LogP contribution in [0.3, 0.4) is 0 Å². The fourth-order valence-corrected chi connectivity index (χ4v) is 3.49. The summed E-state index contributed by atoms with van der Waals surface area (Å²) in [6.07, 6.45) is 1.90. The van der Waals surface area contributed by atoms with Crippen molar-refractivity contribution in [1.29, 1.82) is 5.26 Å². The second-order valence-corrected chi connectivity index (χ2v) is 6.16. The van der Waals surface area contributed by atoms with E-state index in [1.165, 1.54) is 6.07 Å². The number of nitrogens with zero attached hydrogens (tertiary/aromatic N) is 4. The van der Waals surface area contributed by atoms with Crippen LogP contribution in [0, 0.1) is 21.4 Å². The summed E-state index contributed by atoms with van der Waals surface area (Å²) in [7, 11) is 0. The van der Waals surface area contributed by atoms with Crippen LogP contribution in [-0.4, -0.2) is 29.7 Å². The largest absolute Gasteiger partial charge is 0.486 e. The lowest BCUT2D eigenvalue weighted by Gasteiger charge is -2.27. The molecule has 1 aromatic heterocycles. The molecule has 1 unspecified atom stereocenters. The van der Waals surface area contributed by atoms with Gasteiger partial charge in [0.15, 0.2) is 11.5 Å². The van der Waals surface area contributed by atoms with Gasteiger partial charge in [-0.25, -0.2) is 4.98 Å². The maximum absolute atomic E-state index is 11.0. The number of ether oxygens (including phenoxy) is 2. The highest BCUT2D eigenvalue weighted by atomic mass is 16.6. The van der Waals surface area contributed by atoms with Crippen molar-refractivity contribution in [1.82, 2.24) is 4.98 Å². The number of benzene rings is 1. The molecule has 0 saturated carbocycles. The molecule has 0 bridgehead atoms. The molecule has 2 aliphatic rings. The Bertz CT molecular complexity index is 909. The van der Waals surface area contributed by atoms with Crippen LogP contribution in [0.5, 0.6) is 11.5 Å². The smallest absolute Gasteiger partial charge is 0.305 e. The quantitative estimate of drug-likeness (QED) is 0.618. The van der Waals surface area contributed by atoms with E-state index in [2.05, 4.69) is 9.88 Å². The molecule has 132 valence electrons. The second-order valence-electron chi connectivity index (χ2n) is 6.16. The molecule has 2 aromatic rings. The standard InChI is InChI=1S/C18H16N4O4/c19-11-13-15(22(23)24)4-6-18(20-13)21-7-1-2-14(21)12-3-5-16-17(10-12)26-9-8-25-16/h3-6,10,14H,1-2,7-9H2. The minimum atomic E-state index is -0.586. The lowest BCUT2D eigenvalue weighted by Crippen LogP contribution is -2.24. The molecule has 1 saturated heterocycles. The van der Waals surface area contributed by atoms with Crippen LogP contribution in [0.1, 0.15) is 30.1 Å². The number of aromatic nitrogens is 1. The third kappa shape index (κ3) is 2.77. The maximum Gasteiger partial charge on any atom is 0.305 e. The normalized spacial score (nSPS) is 18.4. The van der Waals surface area contributed by atoms with Crippen molar-refractivity contribution in [3.8, 4) is 17.6 Å². The second kappa shape index (κ2) is 6.52. The van der Waals surface area contributed by atoms with E-state index >= 15 is 0 Å². The van der Waals surface area contributed by atoms with Gasteiger partial charge in [0, 0.05) is 12.6 Å². The highest BCUT2D eigenvalue weighted by Gasteiger charge is 2.29. The number of hydrogen-bond donors (Lipinski definition) is 0. The summed E-state index contributed by atoms with van der Waals surface area (Å²) < 4.78 is 11.2. The van der Waals surface area contributed by atoms with Crippen LogP contribution in [0.15, 0.2) is 30.3 Å². The molecule has 4 rings (SSSR count). The average molecular weight is 352 g/mol. The highest BCUT2D eigenvalue weighted by molar-refractivity contribution is 5.54. The SMILES string of the molecule is N#Cc1nc(N2CCCC2c2ccc3c(c2)OCCO3)ccc1[N+](=O)[O-]. The van der Waals surface area contributed by atoms with E-state index in [-0.39, 0.29) is 17.4 Å². The van der Waals surface area contributed by atoms with Crippen molar-refractivity contribution in [2.24, 2.45) is 0 Å². The summed E-state index contributed by atoms with van der Waals surface area (Å²) in [5, 5.41) is 20.2. The van der Waals surface area contributed by atoms with E-state index in [0.29, 0.717) is 19.0 Å². The van der Waals surface area contributed by atoms with Crippen LogP contribution in [-0.2, 0) is 0 Å². The first-order chi connectivity index (χ1) is 12.7. The number of nitro groups is 1. The van der Waals surface area contributed by atoms with E-state index in [9.17, 15) is 15.4 Å². The van der Waals surface area contributed by atoms with Gasteiger partial charge in [0.2, 0.25) is 5.69 Å². The van der Waals surface area contributed by atoms with E-state index < -0.39 is 4.92 Å². The lowest BCUT2D eigenvalue weighted by atomic mass is 10.0. The van der Waals surface area contributed by atoms with Gasteiger partial charge in [0.25, 0.3) is 0 Å². The average Bonchev–Trinajstić information content (AvgIpc) is 3.16.